The molecule has 1 atom stereocenters. The van der Waals surface area contributed by atoms with Crippen molar-refractivity contribution >= 4 is 52.9 Å². The first kappa shape index (κ1) is 25.4. The Hall–Kier alpha value is -1.88. The van der Waals surface area contributed by atoms with Gasteiger partial charge in [0.2, 0.25) is 5.91 Å². The number of carbonyl (C=O) groups excluding carboxylic acids is 1. The number of nitrogens with one attached hydrogen (secondary N) is 2. The van der Waals surface area contributed by atoms with E-state index in [2.05, 4.69) is 45.0 Å². The smallest absolute Gasteiger partial charge is 0.224 e. The van der Waals surface area contributed by atoms with E-state index in [1.165, 1.54) is 17.0 Å². The van der Waals surface area contributed by atoms with Gasteiger partial charge in [-0.3, -0.25) is 9.79 Å². The first-order valence-electron chi connectivity index (χ1n) is 10.3. The molecule has 0 saturated carbocycles. The second kappa shape index (κ2) is 12.8. The fourth-order valence-electron chi connectivity index (χ4n) is 3.45. The summed E-state index contributed by atoms with van der Waals surface area (Å²) in [6.45, 7) is 6.40. The molecule has 6 nitrogen and oxygen atoms in total. The SMILES string of the molecule is CN=C(NCCC(=O)N1CCN(c2ccc(F)cc2)CC1)NCC(C)c1cccs1.I. The highest BCUT2D eigenvalue weighted by Crippen LogP contribution is 2.19. The van der Waals surface area contributed by atoms with E-state index in [1.54, 1.807) is 30.5 Å². The molecule has 1 saturated heterocycles. The molecule has 2 N–H and O–H groups in total. The Bertz CT molecular complexity index is 823. The Morgan fingerprint density at radius 3 is 2.48 bits per heavy atom. The van der Waals surface area contributed by atoms with Gasteiger partial charge in [-0.2, -0.15) is 0 Å². The zero-order chi connectivity index (χ0) is 21.3. The van der Waals surface area contributed by atoms with Gasteiger partial charge in [-0.1, -0.05) is 13.0 Å². The van der Waals surface area contributed by atoms with Crippen LogP contribution in [0.3, 0.4) is 0 Å². The van der Waals surface area contributed by atoms with Gasteiger partial charge in [-0.25, -0.2) is 4.39 Å². The lowest BCUT2D eigenvalue weighted by Crippen LogP contribution is -2.49. The standard InChI is InChI=1S/C22H30FN5OS.HI/c1-17(20-4-3-15-30-20)16-26-22(24-2)25-10-9-21(29)28-13-11-27(12-14-28)19-7-5-18(23)6-8-19;/h3-8,15,17H,9-14,16H2,1-2H3,(H2,24,25,26);1H. The first-order chi connectivity index (χ1) is 14.6. The summed E-state index contributed by atoms with van der Waals surface area (Å²) in [7, 11) is 1.74. The minimum atomic E-state index is -0.231. The van der Waals surface area contributed by atoms with E-state index in [0.717, 1.165) is 25.3 Å². The van der Waals surface area contributed by atoms with E-state index in [9.17, 15) is 9.18 Å². The zero-order valence-electron chi connectivity index (χ0n) is 18.0. The predicted molar refractivity (Wildman–Crippen MR) is 137 cm³/mol. The third-order valence-corrected chi connectivity index (χ3v) is 6.39. The van der Waals surface area contributed by atoms with Crippen molar-refractivity contribution in [2.45, 2.75) is 19.3 Å². The molecule has 1 aromatic carbocycles. The van der Waals surface area contributed by atoms with E-state index in [-0.39, 0.29) is 35.7 Å². The fourth-order valence-corrected chi connectivity index (χ4v) is 4.24. The third kappa shape index (κ3) is 7.64. The summed E-state index contributed by atoms with van der Waals surface area (Å²) in [5, 5.41) is 8.64. The maximum Gasteiger partial charge on any atom is 0.224 e. The van der Waals surface area contributed by atoms with Crippen LogP contribution in [0, 0.1) is 5.82 Å². The zero-order valence-corrected chi connectivity index (χ0v) is 21.2. The van der Waals surface area contributed by atoms with Crippen LogP contribution < -0.4 is 15.5 Å². The van der Waals surface area contributed by atoms with Crippen molar-refractivity contribution in [1.82, 2.24) is 15.5 Å². The number of hydrogen-bond acceptors (Lipinski definition) is 4. The highest BCUT2D eigenvalue weighted by molar-refractivity contribution is 14.0. The molecule has 170 valence electrons. The summed E-state index contributed by atoms with van der Waals surface area (Å²) in [6.07, 6.45) is 0.428. The van der Waals surface area contributed by atoms with Crippen LogP contribution in [-0.4, -0.2) is 63.1 Å². The molecular formula is C22H31FIN5OS. The van der Waals surface area contributed by atoms with Crippen LogP contribution in [0.25, 0.3) is 0 Å². The summed E-state index contributed by atoms with van der Waals surface area (Å²) >= 11 is 1.76. The summed E-state index contributed by atoms with van der Waals surface area (Å²) in [4.78, 5) is 22.2. The summed E-state index contributed by atoms with van der Waals surface area (Å²) < 4.78 is 13.1. The van der Waals surface area contributed by atoms with Gasteiger partial charge in [0, 0.05) is 69.2 Å². The minimum Gasteiger partial charge on any atom is -0.368 e. The fraction of sp³-hybridized carbons (Fsp3) is 0.455. The number of amides is 1. The molecule has 1 aliphatic rings. The van der Waals surface area contributed by atoms with Crippen LogP contribution in [0.4, 0.5) is 10.1 Å². The maximum absolute atomic E-state index is 13.1. The predicted octanol–water partition coefficient (Wildman–Crippen LogP) is 3.51. The van der Waals surface area contributed by atoms with Crippen molar-refractivity contribution < 1.29 is 9.18 Å². The number of piperazine rings is 1. The Labute approximate surface area is 204 Å². The maximum atomic E-state index is 13.1. The number of rotatable bonds is 7. The second-order valence-corrected chi connectivity index (χ2v) is 8.37. The molecule has 1 fully saturated rings. The summed E-state index contributed by atoms with van der Waals surface area (Å²) in [6, 6.07) is 10.7. The number of anilines is 1. The molecule has 0 radical (unpaired) electrons. The Balaban J connectivity index is 0.00000341. The number of carbonyl (C=O) groups is 1. The number of thiophene rings is 1. The minimum absolute atomic E-state index is 0. The quantitative estimate of drug-likeness (QED) is 0.310. The number of nitrogens with zero attached hydrogens (tertiary/aromatic N) is 3. The van der Waals surface area contributed by atoms with Gasteiger partial charge in [0.1, 0.15) is 5.82 Å². The lowest BCUT2D eigenvalue weighted by atomic mass is 10.1. The summed E-state index contributed by atoms with van der Waals surface area (Å²) in [5.74, 6) is 1.03. The van der Waals surface area contributed by atoms with Crippen molar-refractivity contribution in [3.63, 3.8) is 0 Å². The molecular weight excluding hydrogens is 528 g/mol. The Morgan fingerprint density at radius 2 is 1.87 bits per heavy atom. The van der Waals surface area contributed by atoms with Crippen LogP contribution >= 0.6 is 35.3 Å². The molecule has 2 aromatic rings. The van der Waals surface area contributed by atoms with E-state index in [4.69, 9.17) is 0 Å². The molecule has 31 heavy (non-hydrogen) atoms. The van der Waals surface area contributed by atoms with Crippen molar-refractivity contribution in [2.24, 2.45) is 4.99 Å². The number of halogens is 2. The normalized spacial score (nSPS) is 15.3. The number of guanidine groups is 1. The van der Waals surface area contributed by atoms with Crippen molar-refractivity contribution in [1.29, 1.82) is 0 Å². The number of hydrogen-bond donors (Lipinski definition) is 2. The molecule has 3 rings (SSSR count). The van der Waals surface area contributed by atoms with Crippen LogP contribution in [0.2, 0.25) is 0 Å². The molecule has 0 spiro atoms. The monoisotopic (exact) mass is 559 g/mol. The molecule has 1 aromatic heterocycles. The van der Waals surface area contributed by atoms with Gasteiger partial charge in [0.25, 0.3) is 0 Å². The number of aliphatic imine (C=N–C) groups is 1. The second-order valence-electron chi connectivity index (χ2n) is 7.39. The van der Waals surface area contributed by atoms with Crippen molar-refractivity contribution in [3.8, 4) is 0 Å². The lowest BCUT2D eigenvalue weighted by molar-refractivity contribution is -0.131. The van der Waals surface area contributed by atoms with E-state index in [1.807, 2.05) is 4.90 Å². The third-order valence-electron chi connectivity index (χ3n) is 5.28. The average molecular weight is 559 g/mol. The van der Waals surface area contributed by atoms with Crippen molar-refractivity contribution in [3.05, 3.63) is 52.5 Å². The topological polar surface area (TPSA) is 60.0 Å². The molecule has 0 bridgehead atoms. The molecule has 1 unspecified atom stereocenters. The Morgan fingerprint density at radius 1 is 1.16 bits per heavy atom. The largest absolute Gasteiger partial charge is 0.368 e. The number of benzene rings is 1. The van der Waals surface area contributed by atoms with Crippen LogP contribution in [0.5, 0.6) is 0 Å². The summed E-state index contributed by atoms with van der Waals surface area (Å²) in [5.41, 5.74) is 0.997. The van der Waals surface area contributed by atoms with Gasteiger partial charge in [-0.05, 0) is 35.7 Å². The van der Waals surface area contributed by atoms with Gasteiger partial charge in [-0.15, -0.1) is 35.3 Å². The van der Waals surface area contributed by atoms with Crippen LogP contribution in [0.15, 0.2) is 46.8 Å². The van der Waals surface area contributed by atoms with E-state index < -0.39 is 0 Å². The van der Waals surface area contributed by atoms with E-state index in [0.29, 0.717) is 37.9 Å². The van der Waals surface area contributed by atoms with E-state index >= 15 is 0 Å². The molecule has 1 amide bonds. The van der Waals surface area contributed by atoms with Crippen molar-refractivity contribution in [2.75, 3.05) is 51.2 Å². The highest BCUT2D eigenvalue weighted by atomic mass is 127. The van der Waals surface area contributed by atoms with Gasteiger partial charge >= 0.3 is 0 Å². The first-order valence-corrected chi connectivity index (χ1v) is 11.2. The van der Waals surface area contributed by atoms with Crippen LogP contribution in [0.1, 0.15) is 24.1 Å². The molecule has 9 heteroatoms. The van der Waals surface area contributed by atoms with Crippen LogP contribution in [-0.2, 0) is 4.79 Å². The lowest BCUT2D eigenvalue weighted by Gasteiger charge is -2.36. The molecule has 1 aliphatic heterocycles. The average Bonchev–Trinajstić information content (AvgIpc) is 3.31. The van der Waals surface area contributed by atoms with Gasteiger partial charge in [0.15, 0.2) is 5.96 Å². The molecule has 2 heterocycles. The van der Waals surface area contributed by atoms with Gasteiger partial charge in [0.05, 0.1) is 0 Å². The highest BCUT2D eigenvalue weighted by Gasteiger charge is 2.21. The molecule has 0 aliphatic carbocycles. The Kier molecular flexibility index (Phi) is 10.5. The van der Waals surface area contributed by atoms with Gasteiger partial charge < -0.3 is 20.4 Å².